The van der Waals surface area contributed by atoms with E-state index in [9.17, 15) is 20.1 Å². The number of aliphatic hydroxyl groups is 3. The number of aliphatic hydroxyl groups excluding tert-OH is 3. The number of methoxy groups -OCH3 is 3. The molecule has 0 aliphatic carbocycles. The van der Waals surface area contributed by atoms with Gasteiger partial charge in [-0.25, -0.2) is 4.79 Å². The molecule has 4 aromatic rings. The number of benzene rings is 3. The fourth-order valence-electron chi connectivity index (χ4n) is 5.21. The second-order valence-corrected chi connectivity index (χ2v) is 9.05. The summed E-state index contributed by atoms with van der Waals surface area (Å²) in [4.78, 5) is 13.3. The Bertz CT molecular complexity index is 1590. The SMILES string of the molecule is C=Cc1cc(OC)c2c(c1)c(=O)oc1c2cc(OC)c2c(OC)ccc([C@H]3O[C@@H]([C@@H](C)O)[C@H](O)[C@H]3O)c21. The summed E-state index contributed by atoms with van der Waals surface area (Å²) in [6.45, 7) is 5.26. The Morgan fingerprint density at radius 1 is 0.919 bits per heavy atom. The highest BCUT2D eigenvalue weighted by atomic mass is 16.6. The lowest BCUT2D eigenvalue weighted by molar-refractivity contribution is -0.0586. The molecule has 1 fully saturated rings. The van der Waals surface area contributed by atoms with Gasteiger partial charge in [0.15, 0.2) is 0 Å². The van der Waals surface area contributed by atoms with Crippen LogP contribution in [-0.4, -0.2) is 61.1 Å². The Balaban J connectivity index is 1.97. The summed E-state index contributed by atoms with van der Waals surface area (Å²) in [6.07, 6.45) is -4.16. The normalized spacial score (nSPS) is 22.5. The minimum atomic E-state index is -1.35. The Morgan fingerprint density at radius 3 is 2.19 bits per heavy atom. The number of hydrogen-bond donors (Lipinski definition) is 3. The molecule has 1 aliphatic rings. The second-order valence-electron chi connectivity index (χ2n) is 9.05. The largest absolute Gasteiger partial charge is 0.496 e. The van der Waals surface area contributed by atoms with E-state index < -0.39 is 36.1 Å². The molecule has 0 bridgehead atoms. The van der Waals surface area contributed by atoms with Crippen molar-refractivity contribution in [3.8, 4) is 17.2 Å². The van der Waals surface area contributed by atoms with E-state index in [-0.39, 0.29) is 5.58 Å². The number of hydrogen-bond acceptors (Lipinski definition) is 9. The molecule has 3 N–H and O–H groups in total. The number of ether oxygens (including phenoxy) is 4. The number of fused-ring (bicyclic) bond motifs is 5. The van der Waals surface area contributed by atoms with Crippen LogP contribution in [0.2, 0.25) is 0 Å². The molecule has 1 aliphatic heterocycles. The average Bonchev–Trinajstić information content (AvgIpc) is 3.21. The fraction of sp³-hybridized carbons (Fsp3) is 0.321. The molecule has 5 atom stereocenters. The molecule has 5 rings (SSSR count). The molecular weight excluding hydrogens is 480 g/mol. The van der Waals surface area contributed by atoms with Crippen molar-refractivity contribution in [3.63, 3.8) is 0 Å². The summed E-state index contributed by atoms with van der Waals surface area (Å²) in [7, 11) is 4.52. The van der Waals surface area contributed by atoms with E-state index in [1.165, 1.54) is 28.3 Å². The van der Waals surface area contributed by atoms with Crippen molar-refractivity contribution in [3.05, 3.63) is 58.5 Å². The van der Waals surface area contributed by atoms with Crippen LogP contribution in [0.25, 0.3) is 38.6 Å². The minimum Gasteiger partial charge on any atom is -0.496 e. The first-order valence-corrected chi connectivity index (χ1v) is 11.7. The third-order valence-corrected chi connectivity index (χ3v) is 6.98. The van der Waals surface area contributed by atoms with Gasteiger partial charge in [0.25, 0.3) is 0 Å². The summed E-state index contributed by atoms with van der Waals surface area (Å²) in [5, 5.41) is 33.8. The molecule has 0 amide bonds. The molecule has 0 saturated carbocycles. The Labute approximate surface area is 212 Å². The van der Waals surface area contributed by atoms with Gasteiger partial charge < -0.3 is 38.7 Å². The maximum atomic E-state index is 13.3. The van der Waals surface area contributed by atoms with E-state index in [1.807, 2.05) is 0 Å². The summed E-state index contributed by atoms with van der Waals surface area (Å²) >= 11 is 0. The highest BCUT2D eigenvalue weighted by Crippen LogP contribution is 2.47. The predicted octanol–water partition coefficient (Wildman–Crippen LogP) is 3.31. The molecule has 9 nitrogen and oxygen atoms in total. The first-order valence-electron chi connectivity index (χ1n) is 11.7. The zero-order chi connectivity index (χ0) is 26.6. The molecular formula is C28H28O9. The van der Waals surface area contributed by atoms with Gasteiger partial charge in [-0.15, -0.1) is 0 Å². The molecule has 1 saturated heterocycles. The van der Waals surface area contributed by atoms with Crippen LogP contribution in [0.3, 0.4) is 0 Å². The van der Waals surface area contributed by atoms with Crippen LogP contribution in [0.1, 0.15) is 24.2 Å². The van der Waals surface area contributed by atoms with Gasteiger partial charge in [0.1, 0.15) is 47.2 Å². The average molecular weight is 509 g/mol. The summed E-state index contributed by atoms with van der Waals surface area (Å²) < 4.78 is 28.9. The molecule has 0 unspecified atom stereocenters. The fourth-order valence-corrected chi connectivity index (χ4v) is 5.21. The molecule has 1 aromatic heterocycles. The second kappa shape index (κ2) is 9.35. The van der Waals surface area contributed by atoms with Crippen LogP contribution >= 0.6 is 0 Å². The van der Waals surface area contributed by atoms with Crippen molar-refractivity contribution in [2.45, 2.75) is 37.4 Å². The van der Waals surface area contributed by atoms with Crippen LogP contribution in [0.15, 0.2) is 46.1 Å². The monoisotopic (exact) mass is 508 g/mol. The first kappa shape index (κ1) is 25.0. The molecule has 0 spiro atoms. The minimum absolute atomic E-state index is 0.206. The molecule has 3 aromatic carbocycles. The molecule has 9 heteroatoms. The third kappa shape index (κ3) is 3.74. The van der Waals surface area contributed by atoms with E-state index in [0.29, 0.717) is 55.3 Å². The Morgan fingerprint density at radius 2 is 1.59 bits per heavy atom. The van der Waals surface area contributed by atoms with Gasteiger partial charge in [-0.2, -0.15) is 0 Å². The maximum absolute atomic E-state index is 13.3. The summed E-state index contributed by atoms with van der Waals surface area (Å²) in [5.41, 5.74) is 0.725. The molecule has 37 heavy (non-hydrogen) atoms. The summed E-state index contributed by atoms with van der Waals surface area (Å²) in [5.74, 6) is 1.30. The topological polar surface area (TPSA) is 128 Å². The van der Waals surface area contributed by atoms with Gasteiger partial charge in [0.2, 0.25) is 0 Å². The predicted molar refractivity (Wildman–Crippen MR) is 139 cm³/mol. The van der Waals surface area contributed by atoms with Crippen molar-refractivity contribution in [1.29, 1.82) is 0 Å². The van der Waals surface area contributed by atoms with Crippen molar-refractivity contribution >= 4 is 38.6 Å². The van der Waals surface area contributed by atoms with Crippen LogP contribution < -0.4 is 19.8 Å². The van der Waals surface area contributed by atoms with Gasteiger partial charge in [0, 0.05) is 16.2 Å². The van der Waals surface area contributed by atoms with Crippen LogP contribution in [0.4, 0.5) is 0 Å². The highest BCUT2D eigenvalue weighted by Gasteiger charge is 2.46. The first-order chi connectivity index (χ1) is 17.7. The van der Waals surface area contributed by atoms with Crippen LogP contribution in [-0.2, 0) is 4.74 Å². The summed E-state index contributed by atoms with van der Waals surface area (Å²) in [6, 6.07) is 8.54. The third-order valence-electron chi connectivity index (χ3n) is 6.98. The van der Waals surface area contributed by atoms with Crippen molar-refractivity contribution < 1.29 is 38.7 Å². The zero-order valence-corrected chi connectivity index (χ0v) is 20.8. The molecule has 0 radical (unpaired) electrons. The molecule has 2 heterocycles. The van der Waals surface area contributed by atoms with Gasteiger partial charge in [-0.3, -0.25) is 0 Å². The van der Waals surface area contributed by atoms with Crippen molar-refractivity contribution in [1.82, 2.24) is 0 Å². The van der Waals surface area contributed by atoms with E-state index in [1.54, 1.807) is 36.4 Å². The van der Waals surface area contributed by atoms with E-state index in [2.05, 4.69) is 6.58 Å². The number of rotatable bonds is 6. The standard InChI is InChI=1S/C28H28O9/c1-6-13-9-16-20(18(10-13)34-4)15-11-19(35-5)22-17(33-3)8-7-14(21(22)26(15)37-28(16)32)27-24(31)23(30)25(36-27)12(2)29/h6-12,23-25,27,29-31H,1H2,2-5H3/t12-,23-,24-,25+,27-/m1/s1. The van der Waals surface area contributed by atoms with Crippen molar-refractivity contribution in [2.24, 2.45) is 0 Å². The van der Waals surface area contributed by atoms with Crippen LogP contribution in [0, 0.1) is 0 Å². The van der Waals surface area contributed by atoms with Gasteiger partial charge in [0.05, 0.1) is 38.2 Å². The Kier molecular flexibility index (Phi) is 6.33. The van der Waals surface area contributed by atoms with E-state index in [4.69, 9.17) is 23.4 Å². The zero-order valence-electron chi connectivity index (χ0n) is 20.8. The van der Waals surface area contributed by atoms with Gasteiger partial charge >= 0.3 is 5.63 Å². The van der Waals surface area contributed by atoms with E-state index >= 15 is 0 Å². The van der Waals surface area contributed by atoms with Crippen molar-refractivity contribution in [2.75, 3.05) is 21.3 Å². The van der Waals surface area contributed by atoms with Crippen LogP contribution in [0.5, 0.6) is 17.2 Å². The van der Waals surface area contributed by atoms with E-state index in [0.717, 1.165) is 0 Å². The maximum Gasteiger partial charge on any atom is 0.344 e. The lowest BCUT2D eigenvalue weighted by Gasteiger charge is -2.21. The highest BCUT2D eigenvalue weighted by molar-refractivity contribution is 6.19. The lowest BCUT2D eigenvalue weighted by atomic mass is 9.92. The van der Waals surface area contributed by atoms with Gasteiger partial charge in [-0.1, -0.05) is 18.7 Å². The molecule has 194 valence electrons. The lowest BCUT2D eigenvalue weighted by Crippen LogP contribution is -2.36. The smallest absolute Gasteiger partial charge is 0.344 e. The van der Waals surface area contributed by atoms with Gasteiger partial charge in [-0.05, 0) is 42.3 Å². The Hall–Kier alpha value is -3.63. The quantitative estimate of drug-likeness (QED) is 0.265.